The van der Waals surface area contributed by atoms with Crippen LogP contribution in [0.4, 0.5) is 4.79 Å². The Morgan fingerprint density at radius 1 is 1.00 bits per heavy atom. The van der Waals surface area contributed by atoms with Crippen molar-refractivity contribution in [1.82, 2.24) is 20.4 Å². The van der Waals surface area contributed by atoms with E-state index in [2.05, 4.69) is 10.6 Å². The van der Waals surface area contributed by atoms with Crippen LogP contribution in [0.5, 0.6) is 0 Å². The molecule has 2 saturated heterocycles. The largest absolute Gasteiger partial charge is 0.341 e. The molecule has 2 N–H and O–H groups in total. The number of urea groups is 1. The molecular formula is C23H34N4O3. The molecule has 0 aromatic heterocycles. The molecule has 164 valence electrons. The lowest BCUT2D eigenvalue weighted by atomic mass is 9.87. The second-order valence-corrected chi connectivity index (χ2v) is 8.31. The first-order chi connectivity index (χ1) is 14.5. The van der Waals surface area contributed by atoms with Gasteiger partial charge in [0.15, 0.2) is 0 Å². The third-order valence-corrected chi connectivity index (χ3v) is 6.24. The molecule has 2 aliphatic heterocycles. The Morgan fingerprint density at radius 2 is 1.67 bits per heavy atom. The van der Waals surface area contributed by atoms with E-state index in [1.165, 1.54) is 0 Å². The van der Waals surface area contributed by atoms with Crippen LogP contribution in [0.15, 0.2) is 24.3 Å². The van der Waals surface area contributed by atoms with Gasteiger partial charge in [0.1, 0.15) is 6.04 Å². The van der Waals surface area contributed by atoms with Crippen LogP contribution in [-0.4, -0.2) is 66.4 Å². The molecule has 0 aliphatic carbocycles. The molecule has 2 heterocycles. The third kappa shape index (κ3) is 5.32. The first kappa shape index (κ1) is 22.1. The van der Waals surface area contributed by atoms with Crippen molar-refractivity contribution in [3.63, 3.8) is 0 Å². The first-order valence-electron chi connectivity index (χ1n) is 11.2. The molecule has 4 amide bonds. The SMILES string of the molecule is CCNC(=O)N1CCC(C(NC(=O)c2ccccc2C)C(=O)N2CCCCC2)CC1. The fraction of sp³-hybridized carbons (Fsp3) is 0.609. The predicted molar refractivity (Wildman–Crippen MR) is 116 cm³/mol. The van der Waals surface area contributed by atoms with Crippen LogP contribution in [0.2, 0.25) is 0 Å². The quantitative estimate of drug-likeness (QED) is 0.777. The van der Waals surface area contributed by atoms with E-state index in [1.54, 1.807) is 11.0 Å². The normalized spacial score (nSPS) is 18.6. The molecule has 7 nitrogen and oxygen atoms in total. The number of benzene rings is 1. The van der Waals surface area contributed by atoms with Crippen molar-refractivity contribution in [2.24, 2.45) is 5.92 Å². The van der Waals surface area contributed by atoms with Crippen LogP contribution in [0.25, 0.3) is 0 Å². The summed E-state index contributed by atoms with van der Waals surface area (Å²) in [4.78, 5) is 42.2. The van der Waals surface area contributed by atoms with Crippen molar-refractivity contribution in [3.05, 3.63) is 35.4 Å². The van der Waals surface area contributed by atoms with Gasteiger partial charge in [-0.15, -0.1) is 0 Å². The summed E-state index contributed by atoms with van der Waals surface area (Å²) in [6.07, 6.45) is 4.58. The molecule has 1 unspecified atom stereocenters. The number of amides is 4. The number of rotatable bonds is 5. The van der Waals surface area contributed by atoms with Crippen molar-refractivity contribution in [2.75, 3.05) is 32.7 Å². The van der Waals surface area contributed by atoms with Gasteiger partial charge < -0.3 is 20.4 Å². The van der Waals surface area contributed by atoms with Gasteiger partial charge >= 0.3 is 6.03 Å². The molecule has 0 bridgehead atoms. The van der Waals surface area contributed by atoms with Crippen LogP contribution >= 0.6 is 0 Å². The van der Waals surface area contributed by atoms with Crippen molar-refractivity contribution in [2.45, 2.75) is 52.0 Å². The number of hydrogen-bond acceptors (Lipinski definition) is 3. The van der Waals surface area contributed by atoms with E-state index < -0.39 is 6.04 Å². The molecule has 30 heavy (non-hydrogen) atoms. The number of piperidine rings is 2. The molecule has 3 rings (SSSR count). The minimum atomic E-state index is -0.549. The lowest BCUT2D eigenvalue weighted by Gasteiger charge is -2.38. The minimum Gasteiger partial charge on any atom is -0.341 e. The number of aryl methyl sites for hydroxylation is 1. The van der Waals surface area contributed by atoms with Crippen molar-refractivity contribution < 1.29 is 14.4 Å². The molecule has 1 aromatic rings. The lowest BCUT2D eigenvalue weighted by Crippen LogP contribution is -2.56. The Morgan fingerprint density at radius 3 is 2.30 bits per heavy atom. The van der Waals surface area contributed by atoms with Gasteiger partial charge in [0.05, 0.1) is 0 Å². The van der Waals surface area contributed by atoms with Crippen LogP contribution in [0.3, 0.4) is 0 Å². The van der Waals surface area contributed by atoms with Gasteiger partial charge in [-0.05, 0) is 63.5 Å². The highest BCUT2D eigenvalue weighted by Crippen LogP contribution is 2.24. The lowest BCUT2D eigenvalue weighted by molar-refractivity contribution is -0.136. The number of likely N-dealkylation sites (tertiary alicyclic amines) is 2. The van der Waals surface area contributed by atoms with E-state index in [9.17, 15) is 14.4 Å². The van der Waals surface area contributed by atoms with E-state index in [1.807, 2.05) is 36.9 Å². The van der Waals surface area contributed by atoms with E-state index in [0.717, 1.165) is 37.9 Å². The van der Waals surface area contributed by atoms with Gasteiger partial charge in [0.2, 0.25) is 5.91 Å². The number of carbonyl (C=O) groups excluding carboxylic acids is 3. The van der Waals surface area contributed by atoms with Crippen molar-refractivity contribution >= 4 is 17.8 Å². The van der Waals surface area contributed by atoms with Gasteiger partial charge in [0.25, 0.3) is 5.91 Å². The molecule has 1 aromatic carbocycles. The Bertz CT molecular complexity index is 753. The Kier molecular flexibility index (Phi) is 7.71. The summed E-state index contributed by atoms with van der Waals surface area (Å²) < 4.78 is 0. The Labute approximate surface area is 179 Å². The van der Waals surface area contributed by atoms with E-state index in [0.29, 0.717) is 38.0 Å². The molecule has 0 spiro atoms. The highest BCUT2D eigenvalue weighted by atomic mass is 16.2. The number of hydrogen-bond donors (Lipinski definition) is 2. The molecule has 7 heteroatoms. The summed E-state index contributed by atoms with van der Waals surface area (Å²) in [6.45, 7) is 7.11. The third-order valence-electron chi connectivity index (χ3n) is 6.24. The number of nitrogens with zero attached hydrogens (tertiary/aromatic N) is 2. The summed E-state index contributed by atoms with van der Waals surface area (Å²) in [5, 5.41) is 5.90. The van der Waals surface area contributed by atoms with Gasteiger partial charge in [0, 0.05) is 38.3 Å². The predicted octanol–water partition coefficient (Wildman–Crippen LogP) is 2.55. The zero-order valence-electron chi connectivity index (χ0n) is 18.2. The van der Waals surface area contributed by atoms with Gasteiger partial charge in [-0.25, -0.2) is 4.79 Å². The maximum Gasteiger partial charge on any atom is 0.317 e. The van der Waals surface area contributed by atoms with Crippen LogP contribution in [-0.2, 0) is 4.79 Å². The standard InChI is InChI=1S/C23H34N4O3/c1-3-24-23(30)27-15-11-18(12-16-27)20(22(29)26-13-7-4-8-14-26)25-21(28)19-10-6-5-9-17(19)2/h5-6,9-10,18,20H,3-4,7-8,11-16H2,1-2H3,(H,24,30)(H,25,28). The molecule has 0 radical (unpaired) electrons. The molecule has 1 atom stereocenters. The zero-order valence-corrected chi connectivity index (χ0v) is 18.2. The highest BCUT2D eigenvalue weighted by Gasteiger charge is 2.36. The van der Waals surface area contributed by atoms with E-state index >= 15 is 0 Å². The van der Waals surface area contributed by atoms with Gasteiger partial charge in [-0.1, -0.05) is 18.2 Å². The summed E-state index contributed by atoms with van der Waals surface area (Å²) in [5.41, 5.74) is 1.50. The second-order valence-electron chi connectivity index (χ2n) is 8.31. The van der Waals surface area contributed by atoms with Crippen molar-refractivity contribution in [3.8, 4) is 0 Å². The highest BCUT2D eigenvalue weighted by molar-refractivity contribution is 5.98. The average molecular weight is 415 g/mol. The monoisotopic (exact) mass is 414 g/mol. The summed E-state index contributed by atoms with van der Waals surface area (Å²) in [7, 11) is 0. The minimum absolute atomic E-state index is 0.0214. The smallest absolute Gasteiger partial charge is 0.317 e. The topological polar surface area (TPSA) is 81.8 Å². The maximum atomic E-state index is 13.4. The second kappa shape index (κ2) is 10.5. The summed E-state index contributed by atoms with van der Waals surface area (Å²) >= 11 is 0. The average Bonchev–Trinajstić information content (AvgIpc) is 2.78. The van der Waals surface area contributed by atoms with E-state index in [4.69, 9.17) is 0 Å². The first-order valence-corrected chi connectivity index (χ1v) is 11.2. The number of nitrogens with one attached hydrogen (secondary N) is 2. The number of carbonyl (C=O) groups is 3. The Hall–Kier alpha value is -2.57. The molecule has 2 fully saturated rings. The zero-order chi connectivity index (χ0) is 21.5. The van der Waals surface area contributed by atoms with Crippen LogP contribution in [0.1, 0.15) is 54.9 Å². The van der Waals surface area contributed by atoms with Crippen molar-refractivity contribution in [1.29, 1.82) is 0 Å². The van der Waals surface area contributed by atoms with Gasteiger partial charge in [-0.3, -0.25) is 9.59 Å². The van der Waals surface area contributed by atoms with Gasteiger partial charge in [-0.2, -0.15) is 0 Å². The fourth-order valence-corrected chi connectivity index (χ4v) is 4.44. The summed E-state index contributed by atoms with van der Waals surface area (Å²) in [6, 6.07) is 6.84. The maximum absolute atomic E-state index is 13.4. The molecular weight excluding hydrogens is 380 g/mol. The Balaban J connectivity index is 1.73. The fourth-order valence-electron chi connectivity index (χ4n) is 4.44. The van der Waals surface area contributed by atoms with E-state index in [-0.39, 0.29) is 23.8 Å². The summed E-state index contributed by atoms with van der Waals surface area (Å²) in [5.74, 6) is -0.152. The molecule has 0 saturated carbocycles. The molecule has 2 aliphatic rings. The van der Waals surface area contributed by atoms with Crippen LogP contribution in [0, 0.1) is 12.8 Å². The van der Waals surface area contributed by atoms with Crippen LogP contribution < -0.4 is 10.6 Å².